The molecule has 0 bridgehead atoms. The molecule has 0 rings (SSSR count). The molecule has 84 valence electrons. The number of halogens is 1. The Bertz CT molecular complexity index is 151. The van der Waals surface area contributed by atoms with Gasteiger partial charge in [-0.25, -0.2) is 0 Å². The Kier molecular flexibility index (Phi) is 11.4. The summed E-state index contributed by atoms with van der Waals surface area (Å²) in [6.45, 7) is 1.73. The van der Waals surface area contributed by atoms with E-state index >= 15 is 0 Å². The van der Waals surface area contributed by atoms with E-state index in [0.717, 1.165) is 49.1 Å². The normalized spacial score (nSPS) is 12.0. The predicted molar refractivity (Wildman–Crippen MR) is 70.3 cm³/mol. The van der Waals surface area contributed by atoms with Gasteiger partial charge in [-0.2, -0.15) is 0 Å². The second-order valence-corrected chi connectivity index (χ2v) is 4.30. The van der Waals surface area contributed by atoms with Gasteiger partial charge >= 0.3 is 0 Å². The van der Waals surface area contributed by atoms with Gasteiger partial charge in [-0.3, -0.25) is 4.99 Å². The molecule has 0 aromatic carbocycles. The minimum Gasteiger partial charge on any atom is -0.387 e. The Morgan fingerprint density at radius 2 is 2.07 bits per heavy atom. The number of hydrogen-bond donors (Lipinski definition) is 1. The third-order valence-electron chi connectivity index (χ3n) is 1.89. The highest BCUT2D eigenvalue weighted by Crippen LogP contribution is 2.00. The molecular weight excluding hydrogens is 291 g/mol. The van der Waals surface area contributed by atoms with E-state index in [1.54, 1.807) is 7.11 Å². The number of nitrogens with zero attached hydrogens (tertiary/aromatic N) is 1. The molecule has 0 aliphatic carbocycles. The van der Waals surface area contributed by atoms with E-state index in [0.29, 0.717) is 0 Å². The first-order chi connectivity index (χ1) is 6.81. The standard InChI is InChI=1S/C10H21IN2O/c1-14-9-4-2-3-6-10(12)13-8-5-7-11/h2-9H2,1H3,(H2,12,13). The monoisotopic (exact) mass is 312 g/mol. The van der Waals surface area contributed by atoms with Gasteiger partial charge in [-0.1, -0.05) is 29.0 Å². The molecule has 0 aliphatic rings. The van der Waals surface area contributed by atoms with Gasteiger partial charge in [0.05, 0.1) is 5.84 Å². The highest BCUT2D eigenvalue weighted by atomic mass is 127. The summed E-state index contributed by atoms with van der Waals surface area (Å²) < 4.78 is 6.12. The first kappa shape index (κ1) is 14.2. The van der Waals surface area contributed by atoms with Crippen LogP contribution in [-0.4, -0.2) is 30.5 Å². The smallest absolute Gasteiger partial charge is 0.0937 e. The summed E-state index contributed by atoms with van der Waals surface area (Å²) in [6.07, 6.45) is 5.49. The predicted octanol–water partition coefficient (Wildman–Crippen LogP) is 2.38. The zero-order chi connectivity index (χ0) is 10.6. The molecule has 0 amide bonds. The van der Waals surface area contributed by atoms with E-state index in [-0.39, 0.29) is 0 Å². The summed E-state index contributed by atoms with van der Waals surface area (Å²) in [6, 6.07) is 0. The number of amidine groups is 1. The van der Waals surface area contributed by atoms with Crippen molar-refractivity contribution < 1.29 is 4.74 Å². The third kappa shape index (κ3) is 10.2. The Balaban J connectivity index is 3.25. The summed E-state index contributed by atoms with van der Waals surface area (Å²) in [5.74, 6) is 0.812. The second-order valence-electron chi connectivity index (χ2n) is 3.22. The van der Waals surface area contributed by atoms with Crippen molar-refractivity contribution in [1.82, 2.24) is 0 Å². The van der Waals surface area contributed by atoms with Crippen LogP contribution in [-0.2, 0) is 4.74 Å². The van der Waals surface area contributed by atoms with E-state index in [1.807, 2.05) is 0 Å². The summed E-state index contributed by atoms with van der Waals surface area (Å²) >= 11 is 2.35. The fourth-order valence-electron chi connectivity index (χ4n) is 1.09. The third-order valence-corrected chi connectivity index (χ3v) is 2.65. The van der Waals surface area contributed by atoms with Crippen molar-refractivity contribution in [2.24, 2.45) is 10.7 Å². The lowest BCUT2D eigenvalue weighted by Crippen LogP contribution is -2.12. The highest BCUT2D eigenvalue weighted by molar-refractivity contribution is 14.1. The van der Waals surface area contributed by atoms with Crippen LogP contribution in [0.1, 0.15) is 32.1 Å². The maximum atomic E-state index is 5.75. The number of rotatable bonds is 9. The van der Waals surface area contributed by atoms with Crippen LogP contribution in [0.15, 0.2) is 4.99 Å². The van der Waals surface area contributed by atoms with Gasteiger partial charge in [0, 0.05) is 31.1 Å². The van der Waals surface area contributed by atoms with Crippen LogP contribution >= 0.6 is 22.6 Å². The van der Waals surface area contributed by atoms with E-state index in [9.17, 15) is 0 Å². The second kappa shape index (κ2) is 11.2. The zero-order valence-corrected chi connectivity index (χ0v) is 11.1. The van der Waals surface area contributed by atoms with Crippen molar-refractivity contribution in [3.8, 4) is 0 Å². The molecule has 0 saturated carbocycles. The molecule has 14 heavy (non-hydrogen) atoms. The molecular formula is C10H21IN2O. The molecule has 0 heterocycles. The lowest BCUT2D eigenvalue weighted by Gasteiger charge is -2.01. The molecule has 0 unspecified atom stereocenters. The summed E-state index contributed by atoms with van der Waals surface area (Å²) in [5, 5.41) is 0. The molecule has 4 heteroatoms. The van der Waals surface area contributed by atoms with Crippen LogP contribution < -0.4 is 5.73 Å². The Labute approximate surface area is 101 Å². The number of methoxy groups -OCH3 is 1. The number of aliphatic imine (C=N–C) groups is 1. The molecule has 0 aliphatic heterocycles. The number of hydrogen-bond acceptors (Lipinski definition) is 2. The molecule has 0 aromatic heterocycles. The Hall–Kier alpha value is 0.160. The maximum Gasteiger partial charge on any atom is 0.0937 e. The molecule has 0 spiro atoms. The van der Waals surface area contributed by atoms with Crippen molar-refractivity contribution in [2.75, 3.05) is 24.7 Å². The number of alkyl halides is 1. The lowest BCUT2D eigenvalue weighted by molar-refractivity contribution is 0.192. The van der Waals surface area contributed by atoms with E-state index < -0.39 is 0 Å². The molecule has 0 saturated heterocycles. The van der Waals surface area contributed by atoms with Gasteiger partial charge in [0.25, 0.3) is 0 Å². The summed E-state index contributed by atoms with van der Waals surface area (Å²) in [5.41, 5.74) is 5.75. The average Bonchev–Trinajstić information content (AvgIpc) is 2.18. The largest absolute Gasteiger partial charge is 0.387 e. The maximum absolute atomic E-state index is 5.75. The van der Waals surface area contributed by atoms with Crippen LogP contribution in [0.25, 0.3) is 0 Å². The lowest BCUT2D eigenvalue weighted by atomic mass is 10.2. The SMILES string of the molecule is COCCCCCC(N)=NCCCI. The van der Waals surface area contributed by atoms with Gasteiger partial charge < -0.3 is 10.5 Å². The Morgan fingerprint density at radius 3 is 2.71 bits per heavy atom. The van der Waals surface area contributed by atoms with Crippen LogP contribution in [0.3, 0.4) is 0 Å². The van der Waals surface area contributed by atoms with Crippen LogP contribution in [0.2, 0.25) is 0 Å². The van der Waals surface area contributed by atoms with Crippen LogP contribution in [0.4, 0.5) is 0 Å². The average molecular weight is 312 g/mol. The van der Waals surface area contributed by atoms with Gasteiger partial charge in [-0.15, -0.1) is 0 Å². The number of ether oxygens (including phenoxy) is 1. The molecule has 3 nitrogen and oxygen atoms in total. The first-order valence-electron chi connectivity index (χ1n) is 5.15. The molecule has 0 radical (unpaired) electrons. The zero-order valence-electron chi connectivity index (χ0n) is 8.97. The van der Waals surface area contributed by atoms with Crippen molar-refractivity contribution in [3.63, 3.8) is 0 Å². The van der Waals surface area contributed by atoms with Gasteiger partial charge in [-0.05, 0) is 19.3 Å². The van der Waals surface area contributed by atoms with Crippen molar-refractivity contribution in [1.29, 1.82) is 0 Å². The van der Waals surface area contributed by atoms with Gasteiger partial charge in [0.15, 0.2) is 0 Å². The van der Waals surface area contributed by atoms with E-state index in [2.05, 4.69) is 27.6 Å². The highest BCUT2D eigenvalue weighted by Gasteiger charge is 1.93. The van der Waals surface area contributed by atoms with E-state index in [1.165, 1.54) is 6.42 Å². The quantitative estimate of drug-likeness (QED) is 0.234. The van der Waals surface area contributed by atoms with E-state index in [4.69, 9.17) is 10.5 Å². The topological polar surface area (TPSA) is 47.6 Å². The van der Waals surface area contributed by atoms with Crippen LogP contribution in [0, 0.1) is 0 Å². The van der Waals surface area contributed by atoms with Gasteiger partial charge in [0.1, 0.15) is 0 Å². The fraction of sp³-hybridized carbons (Fsp3) is 0.900. The molecule has 0 aromatic rings. The van der Waals surface area contributed by atoms with Crippen molar-refractivity contribution in [3.05, 3.63) is 0 Å². The number of unbranched alkanes of at least 4 members (excludes halogenated alkanes) is 2. The molecule has 2 N–H and O–H groups in total. The van der Waals surface area contributed by atoms with Crippen LogP contribution in [0.5, 0.6) is 0 Å². The minimum absolute atomic E-state index is 0.812. The Morgan fingerprint density at radius 1 is 1.29 bits per heavy atom. The summed E-state index contributed by atoms with van der Waals surface area (Å²) in [7, 11) is 1.74. The summed E-state index contributed by atoms with van der Waals surface area (Å²) in [4.78, 5) is 4.29. The molecule has 0 atom stereocenters. The molecule has 0 fully saturated rings. The number of nitrogens with two attached hydrogens (primary N) is 1. The van der Waals surface area contributed by atoms with Crippen molar-refractivity contribution >= 4 is 28.4 Å². The van der Waals surface area contributed by atoms with Gasteiger partial charge in [0.2, 0.25) is 0 Å². The minimum atomic E-state index is 0.812. The fourth-order valence-corrected chi connectivity index (χ4v) is 1.43. The first-order valence-corrected chi connectivity index (χ1v) is 6.67. The van der Waals surface area contributed by atoms with Crippen molar-refractivity contribution in [2.45, 2.75) is 32.1 Å².